The first-order chi connectivity index (χ1) is 13.2. The molecule has 1 saturated heterocycles. The van der Waals surface area contributed by atoms with Gasteiger partial charge in [0.1, 0.15) is 24.4 Å². The molecule has 0 unspecified atom stereocenters. The van der Waals surface area contributed by atoms with Crippen LogP contribution in [0.15, 0.2) is 60.7 Å². The predicted octanol–water partition coefficient (Wildman–Crippen LogP) is 3.13. The number of hydrogen-bond donors (Lipinski definition) is 1. The Kier molecular flexibility index (Phi) is 7.64. The maximum absolute atomic E-state index is 10.7. The first-order valence-corrected chi connectivity index (χ1v) is 9.49. The van der Waals surface area contributed by atoms with Gasteiger partial charge in [0.15, 0.2) is 6.29 Å². The van der Waals surface area contributed by atoms with Crippen LogP contribution in [-0.2, 0) is 32.2 Å². The summed E-state index contributed by atoms with van der Waals surface area (Å²) in [6, 6.07) is 19.6. The molecule has 146 valence electrons. The molecule has 0 aromatic heterocycles. The van der Waals surface area contributed by atoms with Crippen molar-refractivity contribution in [3.8, 4) is 0 Å². The standard InChI is InChI=1S/C21H25ClO5/c1-24-21-20(26-14-16-10-6-3-7-11-16)19(18(23)17(12-22)27-21)25-13-15-8-4-2-5-9-15/h2-11,17-21,23H,12-14H2,1H3/t17-,18-,19+,20-,21+/m1/s1. The Balaban J connectivity index is 1.73. The largest absolute Gasteiger partial charge is 0.388 e. The number of halogens is 1. The summed E-state index contributed by atoms with van der Waals surface area (Å²) in [6.07, 6.45) is -3.40. The van der Waals surface area contributed by atoms with E-state index in [0.717, 1.165) is 11.1 Å². The molecule has 0 aliphatic carbocycles. The second-order valence-electron chi connectivity index (χ2n) is 6.45. The highest BCUT2D eigenvalue weighted by atomic mass is 35.5. The Bertz CT molecular complexity index is 669. The lowest BCUT2D eigenvalue weighted by Gasteiger charge is -2.43. The number of hydrogen-bond acceptors (Lipinski definition) is 5. The first-order valence-electron chi connectivity index (χ1n) is 8.96. The molecule has 1 N–H and O–H groups in total. The highest BCUT2D eigenvalue weighted by molar-refractivity contribution is 6.18. The van der Waals surface area contributed by atoms with Crippen molar-refractivity contribution in [3.63, 3.8) is 0 Å². The van der Waals surface area contributed by atoms with Crippen molar-refractivity contribution in [2.24, 2.45) is 0 Å². The summed E-state index contributed by atoms with van der Waals surface area (Å²) < 4.78 is 23.3. The van der Waals surface area contributed by atoms with Gasteiger partial charge in [-0.3, -0.25) is 0 Å². The first kappa shape index (κ1) is 20.3. The second kappa shape index (κ2) is 10.2. The third kappa shape index (κ3) is 5.29. The van der Waals surface area contributed by atoms with Crippen molar-refractivity contribution in [2.75, 3.05) is 13.0 Å². The highest BCUT2D eigenvalue weighted by Gasteiger charge is 2.46. The molecule has 1 aliphatic heterocycles. The second-order valence-corrected chi connectivity index (χ2v) is 6.75. The maximum Gasteiger partial charge on any atom is 0.186 e. The van der Waals surface area contributed by atoms with Crippen LogP contribution in [0.5, 0.6) is 0 Å². The molecule has 3 rings (SSSR count). The van der Waals surface area contributed by atoms with Gasteiger partial charge >= 0.3 is 0 Å². The SMILES string of the molecule is CO[C@H]1O[C@H](CCl)[C@@H](O)[C@H](OCc2ccccc2)[C@H]1OCc1ccccc1. The molecule has 0 spiro atoms. The average molecular weight is 393 g/mol. The third-order valence-corrected chi connectivity index (χ3v) is 4.88. The molecule has 2 aromatic rings. The van der Waals surface area contributed by atoms with Gasteiger partial charge in [-0.05, 0) is 11.1 Å². The van der Waals surface area contributed by atoms with Crippen LogP contribution in [-0.4, -0.2) is 48.8 Å². The van der Waals surface area contributed by atoms with Crippen LogP contribution in [0.3, 0.4) is 0 Å². The minimum Gasteiger partial charge on any atom is -0.388 e. The van der Waals surface area contributed by atoms with Gasteiger partial charge in [-0.15, -0.1) is 11.6 Å². The molecule has 1 aliphatic rings. The van der Waals surface area contributed by atoms with Gasteiger partial charge < -0.3 is 24.1 Å². The van der Waals surface area contributed by atoms with E-state index in [9.17, 15) is 5.11 Å². The van der Waals surface area contributed by atoms with E-state index in [1.165, 1.54) is 0 Å². The van der Waals surface area contributed by atoms with E-state index >= 15 is 0 Å². The van der Waals surface area contributed by atoms with Crippen molar-refractivity contribution in [2.45, 2.75) is 43.9 Å². The fourth-order valence-corrected chi connectivity index (χ4v) is 3.36. The zero-order valence-electron chi connectivity index (χ0n) is 15.2. The van der Waals surface area contributed by atoms with Crippen molar-refractivity contribution < 1.29 is 24.1 Å². The molecule has 6 heteroatoms. The lowest BCUT2D eigenvalue weighted by atomic mass is 9.99. The predicted molar refractivity (Wildman–Crippen MR) is 102 cm³/mol. The summed E-state index contributed by atoms with van der Waals surface area (Å²) in [5.41, 5.74) is 2.03. The molecule has 0 saturated carbocycles. The Morgan fingerprint density at radius 1 is 0.889 bits per heavy atom. The number of rotatable bonds is 8. The molecule has 5 atom stereocenters. The van der Waals surface area contributed by atoms with Gasteiger partial charge in [0.25, 0.3) is 0 Å². The zero-order chi connectivity index (χ0) is 19.1. The summed E-state index contributed by atoms with van der Waals surface area (Å²) >= 11 is 5.96. The van der Waals surface area contributed by atoms with Crippen LogP contribution in [0.25, 0.3) is 0 Å². The Hall–Kier alpha value is -1.47. The molecule has 1 heterocycles. The number of ether oxygens (including phenoxy) is 4. The van der Waals surface area contributed by atoms with Gasteiger partial charge in [0, 0.05) is 7.11 Å². The van der Waals surface area contributed by atoms with Crippen molar-refractivity contribution in [1.82, 2.24) is 0 Å². The average Bonchev–Trinajstić information content (AvgIpc) is 2.73. The van der Waals surface area contributed by atoms with Gasteiger partial charge in [0.05, 0.1) is 19.1 Å². The summed E-state index contributed by atoms with van der Waals surface area (Å²) in [7, 11) is 1.54. The van der Waals surface area contributed by atoms with Crippen LogP contribution < -0.4 is 0 Å². The number of alkyl halides is 1. The Morgan fingerprint density at radius 3 is 1.89 bits per heavy atom. The van der Waals surface area contributed by atoms with E-state index in [4.69, 9.17) is 30.5 Å². The molecule has 1 fully saturated rings. The fourth-order valence-electron chi connectivity index (χ4n) is 3.11. The summed E-state index contributed by atoms with van der Waals surface area (Å²) in [4.78, 5) is 0. The number of aliphatic hydroxyl groups excluding tert-OH is 1. The number of aliphatic hydroxyl groups is 1. The van der Waals surface area contributed by atoms with Crippen molar-refractivity contribution in [1.29, 1.82) is 0 Å². The van der Waals surface area contributed by atoms with Crippen molar-refractivity contribution >= 4 is 11.6 Å². The van der Waals surface area contributed by atoms with Gasteiger partial charge in [-0.1, -0.05) is 60.7 Å². The molecule has 0 radical (unpaired) electrons. The van der Waals surface area contributed by atoms with E-state index in [1.54, 1.807) is 7.11 Å². The zero-order valence-corrected chi connectivity index (χ0v) is 16.0. The highest BCUT2D eigenvalue weighted by Crippen LogP contribution is 2.28. The minimum absolute atomic E-state index is 0.137. The molecule has 2 aromatic carbocycles. The number of benzene rings is 2. The Labute approximate surface area is 164 Å². The van der Waals surface area contributed by atoms with Gasteiger partial charge in [-0.25, -0.2) is 0 Å². The quantitative estimate of drug-likeness (QED) is 0.699. The summed E-state index contributed by atoms with van der Waals surface area (Å²) in [5, 5.41) is 10.7. The normalized spacial score (nSPS) is 28.2. The van der Waals surface area contributed by atoms with Crippen LogP contribution in [0.1, 0.15) is 11.1 Å². The molecule has 0 amide bonds. The van der Waals surface area contributed by atoms with Gasteiger partial charge in [-0.2, -0.15) is 0 Å². The topological polar surface area (TPSA) is 57.2 Å². The smallest absolute Gasteiger partial charge is 0.186 e. The van der Waals surface area contributed by atoms with Crippen LogP contribution in [0.2, 0.25) is 0 Å². The summed E-state index contributed by atoms with van der Waals surface area (Å²) in [6.45, 7) is 0.706. The van der Waals surface area contributed by atoms with E-state index in [1.807, 2.05) is 60.7 Å². The molecular formula is C21H25ClO5. The van der Waals surface area contributed by atoms with Crippen LogP contribution in [0, 0.1) is 0 Å². The maximum atomic E-state index is 10.7. The van der Waals surface area contributed by atoms with E-state index in [2.05, 4.69) is 0 Å². The van der Waals surface area contributed by atoms with E-state index in [0.29, 0.717) is 13.2 Å². The molecular weight excluding hydrogens is 368 g/mol. The fraction of sp³-hybridized carbons (Fsp3) is 0.429. The number of methoxy groups -OCH3 is 1. The van der Waals surface area contributed by atoms with E-state index < -0.39 is 30.7 Å². The van der Waals surface area contributed by atoms with Crippen LogP contribution in [0.4, 0.5) is 0 Å². The molecule has 5 nitrogen and oxygen atoms in total. The third-order valence-electron chi connectivity index (χ3n) is 4.57. The lowest BCUT2D eigenvalue weighted by Crippen LogP contribution is -2.60. The monoisotopic (exact) mass is 392 g/mol. The minimum atomic E-state index is -0.918. The van der Waals surface area contributed by atoms with Crippen molar-refractivity contribution in [3.05, 3.63) is 71.8 Å². The Morgan fingerprint density at radius 2 is 1.41 bits per heavy atom. The lowest BCUT2D eigenvalue weighted by molar-refractivity contribution is -0.306. The van der Waals surface area contributed by atoms with E-state index in [-0.39, 0.29) is 5.88 Å². The summed E-state index contributed by atoms with van der Waals surface area (Å²) in [5.74, 6) is 0.137. The molecule has 27 heavy (non-hydrogen) atoms. The van der Waals surface area contributed by atoms with Gasteiger partial charge in [0.2, 0.25) is 0 Å². The molecule has 0 bridgehead atoms. The van der Waals surface area contributed by atoms with Crippen LogP contribution >= 0.6 is 11.6 Å².